The number of aryl methyl sites for hydroxylation is 1. The Kier molecular flexibility index (Phi) is 4.97. The van der Waals surface area contributed by atoms with Crippen LogP contribution in [0.15, 0.2) is 30.3 Å². The number of piperidine rings is 1. The first-order valence-electron chi connectivity index (χ1n) is 7.25. The minimum atomic E-state index is -0.356. The van der Waals surface area contributed by atoms with E-state index in [0.29, 0.717) is 5.92 Å². The lowest BCUT2D eigenvalue weighted by Crippen LogP contribution is -2.47. The molecule has 1 saturated heterocycles. The number of hydrogen-bond acceptors (Lipinski definition) is 2. The van der Waals surface area contributed by atoms with E-state index in [1.807, 2.05) is 23.1 Å². The van der Waals surface area contributed by atoms with Crippen molar-refractivity contribution in [2.45, 2.75) is 38.6 Å². The summed E-state index contributed by atoms with van der Waals surface area (Å²) < 4.78 is 0. The fourth-order valence-corrected chi connectivity index (χ4v) is 2.71. The van der Waals surface area contributed by atoms with E-state index in [1.54, 1.807) is 0 Å². The van der Waals surface area contributed by atoms with Crippen molar-refractivity contribution in [2.75, 3.05) is 13.1 Å². The number of rotatable bonds is 4. The molecule has 1 aromatic carbocycles. The molecule has 104 valence electrons. The number of hydrogen-bond donors (Lipinski definition) is 1. The second kappa shape index (κ2) is 6.71. The first-order valence-corrected chi connectivity index (χ1v) is 7.25. The summed E-state index contributed by atoms with van der Waals surface area (Å²) in [7, 11) is 0. The Morgan fingerprint density at radius 1 is 1.42 bits per heavy atom. The first kappa shape index (κ1) is 14.1. The van der Waals surface area contributed by atoms with Crippen LogP contribution in [0.4, 0.5) is 0 Å². The van der Waals surface area contributed by atoms with E-state index < -0.39 is 0 Å². The molecule has 0 saturated carbocycles. The van der Waals surface area contributed by atoms with E-state index in [1.165, 1.54) is 12.0 Å². The van der Waals surface area contributed by atoms with Gasteiger partial charge in [0.2, 0.25) is 5.91 Å². The highest BCUT2D eigenvalue weighted by atomic mass is 16.2. The summed E-state index contributed by atoms with van der Waals surface area (Å²) in [6.07, 6.45) is 3.94. The second-order valence-corrected chi connectivity index (χ2v) is 5.66. The molecule has 1 amide bonds. The van der Waals surface area contributed by atoms with Crippen LogP contribution in [0.2, 0.25) is 0 Å². The molecule has 3 heteroatoms. The number of carbonyl (C=O) groups is 1. The van der Waals surface area contributed by atoms with E-state index in [9.17, 15) is 4.79 Å². The zero-order valence-electron chi connectivity index (χ0n) is 11.7. The Hall–Kier alpha value is -1.35. The van der Waals surface area contributed by atoms with Crippen LogP contribution in [0.5, 0.6) is 0 Å². The fourth-order valence-electron chi connectivity index (χ4n) is 2.71. The van der Waals surface area contributed by atoms with Gasteiger partial charge in [0.15, 0.2) is 0 Å². The van der Waals surface area contributed by atoms with Crippen molar-refractivity contribution in [2.24, 2.45) is 11.7 Å². The number of amides is 1. The van der Waals surface area contributed by atoms with Crippen LogP contribution in [0.3, 0.4) is 0 Å². The van der Waals surface area contributed by atoms with Crippen LogP contribution in [0, 0.1) is 5.92 Å². The number of nitrogens with two attached hydrogens (primary N) is 1. The summed E-state index contributed by atoms with van der Waals surface area (Å²) in [6, 6.07) is 9.86. The molecule has 1 heterocycles. The minimum Gasteiger partial charge on any atom is -0.341 e. The summed E-state index contributed by atoms with van der Waals surface area (Å²) in [5, 5.41) is 0. The first-order chi connectivity index (χ1) is 9.16. The van der Waals surface area contributed by atoms with Gasteiger partial charge in [0.05, 0.1) is 6.04 Å². The second-order valence-electron chi connectivity index (χ2n) is 5.66. The molecule has 2 N–H and O–H groups in total. The molecule has 2 rings (SSSR count). The molecule has 1 aliphatic rings. The van der Waals surface area contributed by atoms with Crippen molar-refractivity contribution in [1.29, 1.82) is 0 Å². The molecule has 3 nitrogen and oxygen atoms in total. The topological polar surface area (TPSA) is 46.3 Å². The summed E-state index contributed by atoms with van der Waals surface area (Å²) in [4.78, 5) is 14.2. The van der Waals surface area contributed by atoms with Crippen molar-refractivity contribution >= 4 is 5.91 Å². The SMILES string of the molecule is CC1CCCN(C(=O)[C@@H](N)CCc2ccccc2)C1. The fraction of sp³-hybridized carbons (Fsp3) is 0.562. The van der Waals surface area contributed by atoms with E-state index in [2.05, 4.69) is 19.1 Å². The number of carbonyl (C=O) groups excluding carboxylic acids is 1. The van der Waals surface area contributed by atoms with Gasteiger partial charge in [-0.3, -0.25) is 4.79 Å². The average molecular weight is 260 g/mol. The molecule has 0 spiro atoms. The van der Waals surface area contributed by atoms with Crippen molar-refractivity contribution in [3.05, 3.63) is 35.9 Å². The molecule has 0 aromatic heterocycles. The predicted octanol–water partition coefficient (Wildman–Crippen LogP) is 2.21. The predicted molar refractivity (Wildman–Crippen MR) is 77.7 cm³/mol. The molecule has 1 fully saturated rings. The highest BCUT2D eigenvalue weighted by Gasteiger charge is 2.24. The van der Waals surface area contributed by atoms with Gasteiger partial charge in [0, 0.05) is 13.1 Å². The van der Waals surface area contributed by atoms with Gasteiger partial charge < -0.3 is 10.6 Å². The van der Waals surface area contributed by atoms with Crippen molar-refractivity contribution in [3.63, 3.8) is 0 Å². The highest BCUT2D eigenvalue weighted by molar-refractivity contribution is 5.81. The molecule has 2 atom stereocenters. The molecular formula is C16H24N2O. The Bertz CT molecular complexity index is 404. The third-order valence-corrected chi connectivity index (χ3v) is 3.87. The molecule has 0 radical (unpaired) electrons. The maximum atomic E-state index is 12.3. The van der Waals surface area contributed by atoms with Crippen LogP contribution in [-0.2, 0) is 11.2 Å². The van der Waals surface area contributed by atoms with Gasteiger partial charge in [-0.15, -0.1) is 0 Å². The Morgan fingerprint density at radius 3 is 2.84 bits per heavy atom. The smallest absolute Gasteiger partial charge is 0.239 e. The number of benzene rings is 1. The summed E-state index contributed by atoms with van der Waals surface area (Å²) in [5.41, 5.74) is 7.30. The summed E-state index contributed by atoms with van der Waals surface area (Å²) in [6.45, 7) is 3.95. The Balaban J connectivity index is 1.82. The van der Waals surface area contributed by atoms with Gasteiger partial charge in [-0.05, 0) is 37.2 Å². The normalized spacial score (nSPS) is 21.2. The van der Waals surface area contributed by atoms with E-state index in [4.69, 9.17) is 5.73 Å². The lowest BCUT2D eigenvalue weighted by molar-refractivity contribution is -0.134. The highest BCUT2D eigenvalue weighted by Crippen LogP contribution is 2.16. The van der Waals surface area contributed by atoms with Gasteiger partial charge in [-0.25, -0.2) is 0 Å². The molecule has 0 bridgehead atoms. The number of nitrogens with zero attached hydrogens (tertiary/aromatic N) is 1. The maximum Gasteiger partial charge on any atom is 0.239 e. The van der Waals surface area contributed by atoms with Crippen LogP contribution >= 0.6 is 0 Å². The molecule has 1 aromatic rings. The lowest BCUT2D eigenvalue weighted by Gasteiger charge is -2.32. The zero-order chi connectivity index (χ0) is 13.7. The lowest BCUT2D eigenvalue weighted by atomic mass is 9.98. The minimum absolute atomic E-state index is 0.127. The Morgan fingerprint density at radius 2 is 2.16 bits per heavy atom. The van der Waals surface area contributed by atoms with Crippen molar-refractivity contribution in [3.8, 4) is 0 Å². The van der Waals surface area contributed by atoms with E-state index in [-0.39, 0.29) is 11.9 Å². The molecule has 1 aliphatic heterocycles. The molecule has 19 heavy (non-hydrogen) atoms. The van der Waals surface area contributed by atoms with E-state index >= 15 is 0 Å². The zero-order valence-corrected chi connectivity index (χ0v) is 11.7. The van der Waals surface area contributed by atoms with Gasteiger partial charge >= 0.3 is 0 Å². The quantitative estimate of drug-likeness (QED) is 0.902. The van der Waals surface area contributed by atoms with E-state index in [0.717, 1.165) is 32.4 Å². The molecular weight excluding hydrogens is 236 g/mol. The van der Waals surface area contributed by atoms with Crippen molar-refractivity contribution in [1.82, 2.24) is 4.90 Å². The third kappa shape index (κ3) is 4.06. The van der Waals surface area contributed by atoms with Gasteiger partial charge in [0.1, 0.15) is 0 Å². The maximum absolute atomic E-state index is 12.3. The van der Waals surface area contributed by atoms with Gasteiger partial charge in [0.25, 0.3) is 0 Å². The molecule has 0 aliphatic carbocycles. The van der Waals surface area contributed by atoms with Gasteiger partial charge in [-0.1, -0.05) is 37.3 Å². The standard InChI is InChI=1S/C16H24N2O/c1-13-6-5-11-18(12-13)16(19)15(17)10-9-14-7-3-2-4-8-14/h2-4,7-8,13,15H,5-6,9-12,17H2,1H3/t13?,15-/m0/s1. The average Bonchev–Trinajstić information content (AvgIpc) is 2.45. The largest absolute Gasteiger partial charge is 0.341 e. The monoisotopic (exact) mass is 260 g/mol. The van der Waals surface area contributed by atoms with Gasteiger partial charge in [-0.2, -0.15) is 0 Å². The number of likely N-dealkylation sites (tertiary alicyclic amines) is 1. The summed E-state index contributed by atoms with van der Waals surface area (Å²) in [5.74, 6) is 0.738. The Labute approximate surface area is 115 Å². The third-order valence-electron chi connectivity index (χ3n) is 3.87. The van der Waals surface area contributed by atoms with Crippen molar-refractivity contribution < 1.29 is 4.79 Å². The van der Waals surface area contributed by atoms with Crippen LogP contribution in [0.1, 0.15) is 31.7 Å². The summed E-state index contributed by atoms with van der Waals surface area (Å²) >= 11 is 0. The van der Waals surface area contributed by atoms with Crippen LogP contribution < -0.4 is 5.73 Å². The molecule has 1 unspecified atom stereocenters. The van der Waals surface area contributed by atoms with Crippen LogP contribution in [0.25, 0.3) is 0 Å². The van der Waals surface area contributed by atoms with Crippen LogP contribution in [-0.4, -0.2) is 29.9 Å².